The number of nitrogens with one attached hydrogen (secondary N) is 1. The quantitative estimate of drug-likeness (QED) is 0.786. The van der Waals surface area contributed by atoms with Crippen LogP contribution < -0.4 is 0 Å². The van der Waals surface area contributed by atoms with E-state index in [1.54, 1.807) is 23.6 Å². The molecule has 0 saturated carbocycles. The van der Waals surface area contributed by atoms with Crippen molar-refractivity contribution in [3.63, 3.8) is 0 Å². The minimum absolute atomic E-state index is 0.0511. The molecular weight excluding hydrogens is 290 g/mol. The largest absolute Gasteiger partial charge is 0.347 e. The van der Waals surface area contributed by atoms with E-state index in [1.807, 2.05) is 30.3 Å². The Balaban J connectivity index is 1.53. The molecule has 0 bridgehead atoms. The molecule has 0 fully saturated rings. The van der Waals surface area contributed by atoms with Gasteiger partial charge in [0.05, 0.1) is 29.8 Å². The standard InChI is InChI=1S/C17H15N5O/c23-17(22-7-6-14-15(10-22)21-11-20-14)13-8-18-16(19-9-13)12-4-2-1-3-5-12/h1-5,8-9,11H,6-7,10H2,(H,20,21). The molecule has 1 aliphatic heterocycles. The Morgan fingerprint density at radius 3 is 2.65 bits per heavy atom. The molecule has 0 atom stereocenters. The minimum Gasteiger partial charge on any atom is -0.347 e. The molecule has 4 rings (SSSR count). The van der Waals surface area contributed by atoms with E-state index in [0.29, 0.717) is 24.5 Å². The molecule has 0 spiro atoms. The number of hydrogen-bond donors (Lipinski definition) is 1. The van der Waals surface area contributed by atoms with Crippen molar-refractivity contribution in [3.8, 4) is 11.4 Å². The molecule has 114 valence electrons. The molecule has 1 aromatic carbocycles. The van der Waals surface area contributed by atoms with Crippen LogP contribution in [0.25, 0.3) is 11.4 Å². The van der Waals surface area contributed by atoms with Gasteiger partial charge in [-0.1, -0.05) is 30.3 Å². The monoisotopic (exact) mass is 305 g/mol. The summed E-state index contributed by atoms with van der Waals surface area (Å²) in [7, 11) is 0. The van der Waals surface area contributed by atoms with Crippen molar-refractivity contribution in [1.29, 1.82) is 0 Å². The summed E-state index contributed by atoms with van der Waals surface area (Å²) in [5, 5.41) is 0. The molecule has 0 aliphatic carbocycles. The second kappa shape index (κ2) is 5.64. The maximum Gasteiger partial charge on any atom is 0.257 e. The lowest BCUT2D eigenvalue weighted by molar-refractivity contribution is 0.0731. The summed E-state index contributed by atoms with van der Waals surface area (Å²) >= 11 is 0. The molecule has 1 N–H and O–H groups in total. The molecule has 6 heteroatoms. The van der Waals surface area contributed by atoms with Crippen LogP contribution in [0.15, 0.2) is 49.1 Å². The molecule has 2 aromatic heterocycles. The fourth-order valence-corrected chi connectivity index (χ4v) is 2.74. The van der Waals surface area contributed by atoms with E-state index in [-0.39, 0.29) is 5.91 Å². The van der Waals surface area contributed by atoms with Crippen molar-refractivity contribution in [2.24, 2.45) is 0 Å². The summed E-state index contributed by atoms with van der Waals surface area (Å²) in [6.07, 6.45) is 5.64. The highest BCUT2D eigenvalue weighted by Crippen LogP contribution is 2.18. The van der Waals surface area contributed by atoms with Crippen LogP contribution in [0.1, 0.15) is 21.7 Å². The first-order valence-electron chi connectivity index (χ1n) is 7.49. The van der Waals surface area contributed by atoms with Gasteiger partial charge >= 0.3 is 0 Å². The van der Waals surface area contributed by atoms with Crippen LogP contribution in [0.3, 0.4) is 0 Å². The highest BCUT2D eigenvalue weighted by atomic mass is 16.2. The summed E-state index contributed by atoms with van der Waals surface area (Å²) in [4.78, 5) is 30.4. The summed E-state index contributed by atoms with van der Waals surface area (Å²) in [5.41, 5.74) is 3.50. The maximum absolute atomic E-state index is 12.6. The summed E-state index contributed by atoms with van der Waals surface area (Å²) in [6.45, 7) is 1.21. The second-order valence-corrected chi connectivity index (χ2v) is 5.47. The average molecular weight is 305 g/mol. The number of fused-ring (bicyclic) bond motifs is 1. The predicted octanol–water partition coefficient (Wildman–Crippen LogP) is 2.07. The van der Waals surface area contributed by atoms with E-state index in [2.05, 4.69) is 19.9 Å². The van der Waals surface area contributed by atoms with Crippen LogP contribution in [0.5, 0.6) is 0 Å². The number of carbonyl (C=O) groups is 1. The van der Waals surface area contributed by atoms with Crippen LogP contribution in [0, 0.1) is 0 Å². The van der Waals surface area contributed by atoms with Gasteiger partial charge in [0.1, 0.15) is 0 Å². The van der Waals surface area contributed by atoms with Gasteiger partial charge in [-0.15, -0.1) is 0 Å². The van der Waals surface area contributed by atoms with E-state index in [0.717, 1.165) is 23.4 Å². The second-order valence-electron chi connectivity index (χ2n) is 5.47. The molecule has 23 heavy (non-hydrogen) atoms. The first kappa shape index (κ1) is 13.6. The van der Waals surface area contributed by atoms with Crippen LogP contribution >= 0.6 is 0 Å². The Bertz CT molecular complexity index is 826. The summed E-state index contributed by atoms with van der Waals surface area (Å²) < 4.78 is 0. The van der Waals surface area contributed by atoms with Crippen LogP contribution in [0.4, 0.5) is 0 Å². The summed E-state index contributed by atoms with van der Waals surface area (Å²) in [5.74, 6) is 0.571. The lowest BCUT2D eigenvalue weighted by Gasteiger charge is -2.26. The molecule has 0 unspecified atom stereocenters. The zero-order valence-corrected chi connectivity index (χ0v) is 12.4. The van der Waals surface area contributed by atoms with Crippen molar-refractivity contribution in [1.82, 2.24) is 24.8 Å². The molecule has 3 aromatic rings. The Labute approximate surface area is 133 Å². The minimum atomic E-state index is -0.0511. The molecule has 0 saturated heterocycles. The van der Waals surface area contributed by atoms with Gasteiger partial charge in [0.25, 0.3) is 5.91 Å². The first-order chi connectivity index (χ1) is 11.3. The number of carbonyl (C=O) groups excluding carboxylic acids is 1. The van der Waals surface area contributed by atoms with Gasteiger partial charge in [0, 0.05) is 30.9 Å². The Morgan fingerprint density at radius 1 is 1.09 bits per heavy atom. The van der Waals surface area contributed by atoms with Gasteiger partial charge < -0.3 is 9.88 Å². The van der Waals surface area contributed by atoms with E-state index in [1.165, 1.54) is 0 Å². The molecule has 6 nitrogen and oxygen atoms in total. The van der Waals surface area contributed by atoms with Crippen molar-refractivity contribution < 1.29 is 4.79 Å². The smallest absolute Gasteiger partial charge is 0.257 e. The normalized spacial score (nSPS) is 13.7. The highest BCUT2D eigenvalue weighted by Gasteiger charge is 2.23. The topological polar surface area (TPSA) is 74.8 Å². The van der Waals surface area contributed by atoms with Crippen molar-refractivity contribution in [3.05, 3.63) is 66.0 Å². The third-order valence-electron chi connectivity index (χ3n) is 3.99. The van der Waals surface area contributed by atoms with Gasteiger partial charge in [0.2, 0.25) is 0 Å². The number of aromatic amines is 1. The predicted molar refractivity (Wildman–Crippen MR) is 84.5 cm³/mol. The van der Waals surface area contributed by atoms with Crippen molar-refractivity contribution >= 4 is 5.91 Å². The number of imidazole rings is 1. The molecular formula is C17H15N5O. The van der Waals surface area contributed by atoms with E-state index >= 15 is 0 Å². The van der Waals surface area contributed by atoms with Gasteiger partial charge in [-0.3, -0.25) is 4.79 Å². The van der Waals surface area contributed by atoms with Gasteiger partial charge in [-0.25, -0.2) is 15.0 Å². The lowest BCUT2D eigenvalue weighted by atomic mass is 10.1. The molecule has 0 radical (unpaired) electrons. The number of hydrogen-bond acceptors (Lipinski definition) is 4. The van der Waals surface area contributed by atoms with E-state index < -0.39 is 0 Å². The van der Waals surface area contributed by atoms with Crippen LogP contribution in [-0.2, 0) is 13.0 Å². The van der Waals surface area contributed by atoms with Crippen molar-refractivity contribution in [2.45, 2.75) is 13.0 Å². The molecule has 1 aliphatic rings. The van der Waals surface area contributed by atoms with Crippen LogP contribution in [-0.4, -0.2) is 37.3 Å². The van der Waals surface area contributed by atoms with Gasteiger partial charge in [0.15, 0.2) is 5.82 Å². The van der Waals surface area contributed by atoms with Gasteiger partial charge in [-0.2, -0.15) is 0 Å². The SMILES string of the molecule is O=C(c1cnc(-c2ccccc2)nc1)N1CCc2nc[nH]c2C1. The average Bonchev–Trinajstić information content (AvgIpc) is 3.10. The fraction of sp³-hybridized carbons (Fsp3) is 0.176. The maximum atomic E-state index is 12.6. The molecule has 3 heterocycles. The fourth-order valence-electron chi connectivity index (χ4n) is 2.74. The highest BCUT2D eigenvalue weighted by molar-refractivity contribution is 5.93. The number of rotatable bonds is 2. The number of H-pyrrole nitrogens is 1. The van der Waals surface area contributed by atoms with Crippen molar-refractivity contribution in [2.75, 3.05) is 6.54 Å². The zero-order chi connectivity index (χ0) is 15.6. The first-order valence-corrected chi connectivity index (χ1v) is 7.49. The third-order valence-corrected chi connectivity index (χ3v) is 3.99. The van der Waals surface area contributed by atoms with E-state index in [4.69, 9.17) is 0 Å². The number of benzene rings is 1. The Hall–Kier alpha value is -3.02. The molecule has 1 amide bonds. The third kappa shape index (κ3) is 2.59. The Kier molecular flexibility index (Phi) is 3.34. The lowest BCUT2D eigenvalue weighted by Crippen LogP contribution is -2.36. The Morgan fingerprint density at radius 2 is 1.87 bits per heavy atom. The number of nitrogens with zero attached hydrogens (tertiary/aromatic N) is 4. The number of aromatic nitrogens is 4. The van der Waals surface area contributed by atoms with E-state index in [9.17, 15) is 4.79 Å². The summed E-state index contributed by atoms with van der Waals surface area (Å²) in [6, 6.07) is 9.71. The number of amides is 1. The zero-order valence-electron chi connectivity index (χ0n) is 12.4. The van der Waals surface area contributed by atoms with Crippen LogP contribution in [0.2, 0.25) is 0 Å². The van der Waals surface area contributed by atoms with Gasteiger partial charge in [-0.05, 0) is 0 Å².